The Balaban J connectivity index is 4.10. The van der Waals surface area contributed by atoms with Gasteiger partial charge in [0.25, 0.3) is 0 Å². The molecule has 44 valence electrons. The monoisotopic (exact) mass is 180 g/mol. The minimum absolute atomic E-state index is 0.999. The highest BCUT2D eigenvalue weighted by molar-refractivity contribution is 8.65. The summed E-state index contributed by atoms with van der Waals surface area (Å²) in [5, 5.41) is 0. The lowest BCUT2D eigenvalue weighted by Crippen LogP contribution is -1.82. The highest BCUT2D eigenvalue weighted by atomic mass is 35.9. The summed E-state index contributed by atoms with van der Waals surface area (Å²) in [6.45, 7) is 0. The molecule has 0 N–H and O–H groups in total. The number of hydrogen-bond donors (Lipinski definition) is 0. The third-order valence-electron chi connectivity index (χ3n) is 0.251. The molecule has 0 fully saturated rings. The molecule has 0 saturated carbocycles. The molecule has 0 heterocycles. The first kappa shape index (κ1) is 7.96. The van der Waals surface area contributed by atoms with Crippen LogP contribution in [0.25, 0.3) is 0 Å². The smallest absolute Gasteiger partial charge is 0.207 e. The van der Waals surface area contributed by atoms with Crippen molar-refractivity contribution in [3.63, 3.8) is 0 Å². The average Bonchev–Trinajstić information content (AvgIpc) is 1.31. The van der Waals surface area contributed by atoms with Gasteiger partial charge in [-0.05, 0) is 0 Å². The Morgan fingerprint density at radius 2 is 1.57 bits per heavy atom. The summed E-state index contributed by atoms with van der Waals surface area (Å²) in [7, 11) is -3.15. The third kappa shape index (κ3) is 3.53. The van der Waals surface area contributed by atoms with Crippen molar-refractivity contribution >= 4 is 37.8 Å². The molecular formula is CH3Cl2O2PS. The lowest BCUT2D eigenvalue weighted by atomic mass is 12.0. The number of hydrogen-bond acceptors (Lipinski definition) is 2. The minimum Gasteiger partial charge on any atom is -0.222 e. The van der Waals surface area contributed by atoms with E-state index < -0.39 is 15.3 Å². The first-order chi connectivity index (χ1) is 2.94. The Labute approximate surface area is 52.8 Å². The molecule has 0 aliphatic carbocycles. The second kappa shape index (κ2) is 2.49. The number of rotatable bonds is 1. The van der Waals surface area contributed by atoms with Crippen molar-refractivity contribution in [2.45, 2.75) is 0 Å². The molecular weight excluding hydrogens is 178 g/mol. The molecule has 0 bridgehead atoms. The van der Waals surface area contributed by atoms with Gasteiger partial charge in [0.05, 0.1) is 0 Å². The zero-order valence-corrected chi connectivity index (χ0v) is 6.65. The Bertz CT molecular complexity index is 138. The van der Waals surface area contributed by atoms with E-state index in [4.69, 9.17) is 22.5 Å². The van der Waals surface area contributed by atoms with Crippen molar-refractivity contribution in [3.8, 4) is 0 Å². The van der Waals surface area contributed by atoms with Crippen LogP contribution in [-0.4, -0.2) is 14.7 Å². The lowest BCUT2D eigenvalue weighted by Gasteiger charge is -1.90. The van der Waals surface area contributed by atoms with Crippen molar-refractivity contribution in [1.29, 1.82) is 0 Å². The molecule has 0 aromatic rings. The standard InChI is InChI=1S/CH3Cl2O2PS/c1-7(4,5)6(2)3/h1H3. The van der Waals surface area contributed by atoms with Gasteiger partial charge >= 0.3 is 0 Å². The predicted molar refractivity (Wildman–Crippen MR) is 33.5 cm³/mol. The summed E-state index contributed by atoms with van der Waals surface area (Å²) < 4.78 is 20.2. The topological polar surface area (TPSA) is 34.1 Å². The molecule has 0 aliphatic heterocycles. The zero-order chi connectivity index (χ0) is 6.08. The summed E-state index contributed by atoms with van der Waals surface area (Å²) in [5.41, 5.74) is 0. The van der Waals surface area contributed by atoms with Crippen molar-refractivity contribution < 1.29 is 8.42 Å². The van der Waals surface area contributed by atoms with Crippen molar-refractivity contribution in [2.75, 3.05) is 6.26 Å². The average molecular weight is 181 g/mol. The molecule has 0 aliphatic rings. The van der Waals surface area contributed by atoms with Gasteiger partial charge in [-0.25, -0.2) is 8.42 Å². The van der Waals surface area contributed by atoms with Crippen LogP contribution in [-0.2, 0) is 9.46 Å². The summed E-state index contributed by atoms with van der Waals surface area (Å²) in [6.07, 6.45) is 0.999. The highest BCUT2D eigenvalue weighted by Gasteiger charge is 2.12. The van der Waals surface area contributed by atoms with E-state index in [-0.39, 0.29) is 0 Å². The Morgan fingerprint density at radius 1 is 1.43 bits per heavy atom. The van der Waals surface area contributed by atoms with Gasteiger partial charge in [0.2, 0.25) is 5.83 Å². The van der Waals surface area contributed by atoms with E-state index in [1.54, 1.807) is 0 Å². The molecule has 0 unspecified atom stereocenters. The van der Waals surface area contributed by atoms with Crippen molar-refractivity contribution in [3.05, 3.63) is 0 Å². The van der Waals surface area contributed by atoms with Crippen LogP contribution in [0, 0.1) is 0 Å². The van der Waals surface area contributed by atoms with E-state index in [9.17, 15) is 8.42 Å². The summed E-state index contributed by atoms with van der Waals surface area (Å²) in [6, 6.07) is 0. The summed E-state index contributed by atoms with van der Waals surface area (Å²) >= 11 is 9.99. The fraction of sp³-hybridized carbons (Fsp3) is 1.00. The summed E-state index contributed by atoms with van der Waals surface area (Å²) in [5.74, 6) is -1.82. The predicted octanol–water partition coefficient (Wildman–Crippen LogP) is 1.74. The maximum absolute atomic E-state index is 10.1. The van der Waals surface area contributed by atoms with Crippen LogP contribution in [0.15, 0.2) is 0 Å². The van der Waals surface area contributed by atoms with E-state index in [0.29, 0.717) is 0 Å². The van der Waals surface area contributed by atoms with Crippen LogP contribution in [0.2, 0.25) is 0 Å². The molecule has 0 spiro atoms. The molecule has 0 amide bonds. The second-order valence-corrected chi connectivity index (χ2v) is 9.64. The zero-order valence-electron chi connectivity index (χ0n) is 3.43. The van der Waals surface area contributed by atoms with Crippen molar-refractivity contribution in [2.24, 2.45) is 0 Å². The quantitative estimate of drug-likeness (QED) is 0.577. The number of halogens is 2. The molecule has 0 aromatic heterocycles. The van der Waals surface area contributed by atoms with E-state index in [0.717, 1.165) is 6.26 Å². The van der Waals surface area contributed by atoms with Crippen LogP contribution in [0.3, 0.4) is 0 Å². The molecule has 0 atom stereocenters. The fourth-order valence-corrected chi connectivity index (χ4v) is 0. The fourth-order valence-electron chi connectivity index (χ4n) is 0. The summed E-state index contributed by atoms with van der Waals surface area (Å²) in [4.78, 5) is 0. The van der Waals surface area contributed by atoms with E-state index in [1.807, 2.05) is 0 Å². The van der Waals surface area contributed by atoms with Gasteiger partial charge in [0.15, 0.2) is 9.46 Å². The molecule has 0 aromatic carbocycles. The normalized spacial score (nSPS) is 12.6. The second-order valence-electron chi connectivity index (χ2n) is 0.935. The Kier molecular flexibility index (Phi) is 2.83. The van der Waals surface area contributed by atoms with Crippen LogP contribution < -0.4 is 0 Å². The van der Waals surface area contributed by atoms with Crippen LogP contribution >= 0.6 is 28.3 Å². The Hall–Kier alpha value is 0.960. The van der Waals surface area contributed by atoms with Gasteiger partial charge in [0, 0.05) is 6.26 Å². The maximum Gasteiger partial charge on any atom is 0.207 e. The largest absolute Gasteiger partial charge is 0.222 e. The first-order valence-corrected chi connectivity index (χ1v) is 6.91. The maximum atomic E-state index is 10.1. The van der Waals surface area contributed by atoms with Crippen LogP contribution in [0.5, 0.6) is 0 Å². The Morgan fingerprint density at radius 3 is 1.57 bits per heavy atom. The third-order valence-corrected chi connectivity index (χ3v) is 6.77. The van der Waals surface area contributed by atoms with Crippen molar-refractivity contribution in [1.82, 2.24) is 0 Å². The molecule has 0 rings (SSSR count). The SMILES string of the molecule is CS(=O)(=O)P(Cl)Cl. The van der Waals surface area contributed by atoms with Gasteiger partial charge in [-0.2, -0.15) is 0 Å². The molecule has 6 heteroatoms. The van der Waals surface area contributed by atoms with Gasteiger partial charge in [-0.3, -0.25) is 0 Å². The molecule has 0 saturated heterocycles. The molecule has 2 nitrogen and oxygen atoms in total. The lowest BCUT2D eigenvalue weighted by molar-refractivity contribution is 0.615. The minimum atomic E-state index is -3.15. The van der Waals surface area contributed by atoms with E-state index in [1.165, 1.54) is 0 Å². The first-order valence-electron chi connectivity index (χ1n) is 1.26. The van der Waals surface area contributed by atoms with Gasteiger partial charge < -0.3 is 0 Å². The van der Waals surface area contributed by atoms with Gasteiger partial charge in [0.1, 0.15) is 0 Å². The van der Waals surface area contributed by atoms with Crippen LogP contribution in [0.1, 0.15) is 0 Å². The highest BCUT2D eigenvalue weighted by Crippen LogP contribution is 2.52. The van der Waals surface area contributed by atoms with E-state index in [2.05, 4.69) is 0 Å². The van der Waals surface area contributed by atoms with E-state index >= 15 is 0 Å². The van der Waals surface area contributed by atoms with Gasteiger partial charge in [-0.1, -0.05) is 22.5 Å². The molecule has 7 heavy (non-hydrogen) atoms. The van der Waals surface area contributed by atoms with Gasteiger partial charge in [-0.15, -0.1) is 0 Å². The van der Waals surface area contributed by atoms with Crippen LogP contribution in [0.4, 0.5) is 0 Å². The molecule has 0 radical (unpaired) electrons.